The normalized spacial score (nSPS) is 10.4. The summed E-state index contributed by atoms with van der Waals surface area (Å²) < 4.78 is 15.5. The van der Waals surface area contributed by atoms with Gasteiger partial charge in [-0.3, -0.25) is 9.48 Å². The Bertz CT molecular complexity index is 611. The van der Waals surface area contributed by atoms with Crippen molar-refractivity contribution in [1.29, 1.82) is 0 Å². The van der Waals surface area contributed by atoms with E-state index in [1.54, 1.807) is 13.1 Å². The van der Waals surface area contributed by atoms with Crippen LogP contribution in [0, 0.1) is 5.82 Å². The van der Waals surface area contributed by atoms with E-state index < -0.39 is 11.7 Å². The fraction of sp³-hybridized carbons (Fsp3) is 0.0909. The molecule has 1 aromatic carbocycles. The zero-order valence-corrected chi connectivity index (χ0v) is 11.0. The molecule has 0 saturated heterocycles. The number of aromatic nitrogens is 2. The molecule has 0 fully saturated rings. The van der Waals surface area contributed by atoms with Crippen molar-refractivity contribution < 1.29 is 9.18 Å². The summed E-state index contributed by atoms with van der Waals surface area (Å²) in [5, 5.41) is 6.29. The molecule has 0 unspecified atom stereocenters. The van der Waals surface area contributed by atoms with Gasteiger partial charge in [-0.2, -0.15) is 5.10 Å². The van der Waals surface area contributed by atoms with E-state index in [2.05, 4.69) is 26.3 Å². The minimum atomic E-state index is -0.519. The Balaban J connectivity index is 2.27. The van der Waals surface area contributed by atoms with Crippen LogP contribution in [0.25, 0.3) is 0 Å². The number of carbonyl (C=O) groups excluding carboxylic acids is 1. The average Bonchev–Trinajstić information content (AvgIpc) is 2.65. The van der Waals surface area contributed by atoms with Crippen molar-refractivity contribution in [3.63, 3.8) is 0 Å². The number of rotatable bonds is 2. The number of benzene rings is 1. The second-order valence-electron chi connectivity index (χ2n) is 3.65. The fourth-order valence-corrected chi connectivity index (χ4v) is 1.77. The number of nitrogen functional groups attached to an aromatic ring is 1. The Morgan fingerprint density at radius 1 is 1.56 bits per heavy atom. The van der Waals surface area contributed by atoms with Gasteiger partial charge < -0.3 is 11.1 Å². The predicted octanol–water partition coefficient (Wildman–Crippen LogP) is 2.16. The number of carbonyl (C=O) groups is 1. The highest BCUT2D eigenvalue weighted by molar-refractivity contribution is 9.10. The molecule has 0 spiro atoms. The average molecular weight is 313 g/mol. The topological polar surface area (TPSA) is 72.9 Å². The lowest BCUT2D eigenvalue weighted by atomic mass is 10.2. The molecule has 0 radical (unpaired) electrons. The molecule has 2 rings (SSSR count). The molecule has 0 saturated carbocycles. The largest absolute Gasteiger partial charge is 0.383 e. The molecule has 0 bridgehead atoms. The van der Waals surface area contributed by atoms with E-state index in [-0.39, 0.29) is 17.1 Å². The van der Waals surface area contributed by atoms with E-state index in [0.717, 1.165) is 0 Å². The number of halogens is 2. The minimum absolute atomic E-state index is 0.0811. The van der Waals surface area contributed by atoms with E-state index >= 15 is 0 Å². The molecule has 1 amide bonds. The summed E-state index contributed by atoms with van der Waals surface area (Å²) in [6.45, 7) is 0. The van der Waals surface area contributed by atoms with Gasteiger partial charge in [-0.1, -0.05) is 15.9 Å². The van der Waals surface area contributed by atoms with Crippen LogP contribution < -0.4 is 11.1 Å². The van der Waals surface area contributed by atoms with Crippen LogP contribution in [0.2, 0.25) is 0 Å². The van der Waals surface area contributed by atoms with Gasteiger partial charge in [0.1, 0.15) is 17.2 Å². The third kappa shape index (κ3) is 2.35. The summed E-state index contributed by atoms with van der Waals surface area (Å²) in [5.74, 6) is -0.797. The zero-order valence-electron chi connectivity index (χ0n) is 9.45. The van der Waals surface area contributed by atoms with Gasteiger partial charge in [0.2, 0.25) is 0 Å². The maximum absolute atomic E-state index is 13.5. The number of aryl methyl sites for hydroxylation is 1. The van der Waals surface area contributed by atoms with Crippen molar-refractivity contribution in [3.8, 4) is 0 Å². The molecular formula is C11H10BrFN4O. The van der Waals surface area contributed by atoms with E-state index in [9.17, 15) is 9.18 Å². The smallest absolute Gasteiger partial charge is 0.261 e. The van der Waals surface area contributed by atoms with Crippen LogP contribution >= 0.6 is 15.9 Å². The highest BCUT2D eigenvalue weighted by Gasteiger charge is 2.15. The van der Waals surface area contributed by atoms with Crippen LogP contribution in [0.1, 0.15) is 10.4 Å². The zero-order chi connectivity index (χ0) is 13.3. The molecule has 0 aliphatic rings. The number of hydrogen-bond acceptors (Lipinski definition) is 3. The predicted molar refractivity (Wildman–Crippen MR) is 69.7 cm³/mol. The number of nitrogens with zero attached hydrogens (tertiary/aromatic N) is 2. The molecule has 0 aliphatic heterocycles. The number of hydrogen-bond donors (Lipinski definition) is 2. The van der Waals surface area contributed by atoms with Gasteiger partial charge in [-0.05, 0) is 18.2 Å². The van der Waals surface area contributed by atoms with Gasteiger partial charge in [-0.15, -0.1) is 0 Å². The van der Waals surface area contributed by atoms with Gasteiger partial charge in [0.05, 0.1) is 11.9 Å². The highest BCUT2D eigenvalue weighted by Crippen LogP contribution is 2.21. The lowest BCUT2D eigenvalue weighted by Gasteiger charge is -2.06. The summed E-state index contributed by atoms with van der Waals surface area (Å²) in [5.41, 5.74) is 5.95. The SMILES string of the molecule is Cn1ncc(C(=O)Nc2cc(Br)ccc2F)c1N. The molecule has 5 nitrogen and oxygen atoms in total. The Hall–Kier alpha value is -1.89. The van der Waals surface area contributed by atoms with E-state index in [0.29, 0.717) is 4.47 Å². The van der Waals surface area contributed by atoms with Gasteiger partial charge in [0.25, 0.3) is 5.91 Å². The monoisotopic (exact) mass is 312 g/mol. The van der Waals surface area contributed by atoms with Crippen LogP contribution in [-0.2, 0) is 7.05 Å². The molecule has 1 aromatic heterocycles. The number of amides is 1. The van der Waals surface area contributed by atoms with Crippen LogP contribution in [0.3, 0.4) is 0 Å². The number of nitrogens with two attached hydrogens (primary N) is 1. The Morgan fingerprint density at radius 2 is 2.28 bits per heavy atom. The van der Waals surface area contributed by atoms with E-state index in [1.165, 1.54) is 23.0 Å². The maximum Gasteiger partial charge on any atom is 0.261 e. The lowest BCUT2D eigenvalue weighted by Crippen LogP contribution is -2.14. The Labute approximate surface area is 111 Å². The first-order valence-electron chi connectivity index (χ1n) is 5.03. The standard InChI is InChI=1S/C11H10BrFN4O/c1-17-10(14)7(5-15-17)11(18)16-9-4-6(12)2-3-8(9)13/h2-5H,14H2,1H3,(H,16,18). The molecule has 3 N–H and O–H groups in total. The lowest BCUT2D eigenvalue weighted by molar-refractivity contribution is 0.102. The van der Waals surface area contributed by atoms with Gasteiger partial charge in [0.15, 0.2) is 0 Å². The Morgan fingerprint density at radius 3 is 2.89 bits per heavy atom. The Kier molecular flexibility index (Phi) is 3.33. The molecule has 7 heteroatoms. The quantitative estimate of drug-likeness (QED) is 0.892. The number of anilines is 2. The number of nitrogens with one attached hydrogen (secondary N) is 1. The van der Waals surface area contributed by atoms with Crippen LogP contribution in [0.4, 0.5) is 15.9 Å². The van der Waals surface area contributed by atoms with Crippen molar-refractivity contribution in [2.75, 3.05) is 11.1 Å². The summed E-state index contributed by atoms with van der Waals surface area (Å²) in [4.78, 5) is 11.9. The van der Waals surface area contributed by atoms with Crippen LogP contribution in [-0.4, -0.2) is 15.7 Å². The van der Waals surface area contributed by atoms with Crippen molar-refractivity contribution in [1.82, 2.24) is 9.78 Å². The summed E-state index contributed by atoms with van der Waals surface area (Å²) >= 11 is 3.20. The van der Waals surface area contributed by atoms with Crippen molar-refractivity contribution in [2.45, 2.75) is 0 Å². The first kappa shape index (κ1) is 12.6. The summed E-state index contributed by atoms with van der Waals surface area (Å²) in [7, 11) is 1.62. The van der Waals surface area contributed by atoms with Crippen LogP contribution in [0.5, 0.6) is 0 Å². The van der Waals surface area contributed by atoms with Crippen molar-refractivity contribution >= 4 is 33.3 Å². The third-order valence-corrected chi connectivity index (χ3v) is 2.90. The van der Waals surface area contributed by atoms with Gasteiger partial charge in [-0.25, -0.2) is 4.39 Å². The second-order valence-corrected chi connectivity index (χ2v) is 4.56. The highest BCUT2D eigenvalue weighted by atomic mass is 79.9. The van der Waals surface area contributed by atoms with Crippen molar-refractivity contribution in [3.05, 3.63) is 40.2 Å². The molecule has 94 valence electrons. The second kappa shape index (κ2) is 4.77. The summed E-state index contributed by atoms with van der Waals surface area (Å²) in [6, 6.07) is 4.27. The third-order valence-electron chi connectivity index (χ3n) is 2.41. The van der Waals surface area contributed by atoms with Crippen LogP contribution in [0.15, 0.2) is 28.9 Å². The fourth-order valence-electron chi connectivity index (χ4n) is 1.40. The van der Waals surface area contributed by atoms with Crippen molar-refractivity contribution in [2.24, 2.45) is 7.05 Å². The molecule has 0 atom stereocenters. The van der Waals surface area contributed by atoms with E-state index in [1.807, 2.05) is 0 Å². The molecular weight excluding hydrogens is 303 g/mol. The first-order valence-corrected chi connectivity index (χ1v) is 5.82. The molecule has 18 heavy (non-hydrogen) atoms. The maximum atomic E-state index is 13.5. The minimum Gasteiger partial charge on any atom is -0.383 e. The summed E-state index contributed by atoms with van der Waals surface area (Å²) in [6.07, 6.45) is 1.33. The molecule has 1 heterocycles. The molecule has 2 aromatic rings. The van der Waals surface area contributed by atoms with Gasteiger partial charge in [0, 0.05) is 11.5 Å². The van der Waals surface area contributed by atoms with E-state index in [4.69, 9.17) is 5.73 Å². The first-order chi connectivity index (χ1) is 8.49. The molecule has 0 aliphatic carbocycles. The van der Waals surface area contributed by atoms with Gasteiger partial charge >= 0.3 is 0 Å².